The highest BCUT2D eigenvalue weighted by molar-refractivity contribution is 5.58. The fourth-order valence-electron chi connectivity index (χ4n) is 2.64. The Morgan fingerprint density at radius 1 is 1.26 bits per heavy atom. The van der Waals surface area contributed by atoms with E-state index in [2.05, 4.69) is 54.5 Å². The van der Waals surface area contributed by atoms with E-state index in [0.29, 0.717) is 0 Å². The highest BCUT2D eigenvalue weighted by Gasteiger charge is 2.15. The molecule has 0 amide bonds. The van der Waals surface area contributed by atoms with Crippen LogP contribution in [0.25, 0.3) is 0 Å². The summed E-state index contributed by atoms with van der Waals surface area (Å²) in [4.78, 5) is 4.59. The Bertz CT molecular complexity index is 401. The Kier molecular flexibility index (Phi) is 5.23. The van der Waals surface area contributed by atoms with Gasteiger partial charge in [0.1, 0.15) is 0 Å². The molecule has 1 aromatic carbocycles. The van der Waals surface area contributed by atoms with E-state index in [9.17, 15) is 0 Å². The van der Waals surface area contributed by atoms with Gasteiger partial charge in [0.05, 0.1) is 0 Å². The van der Waals surface area contributed by atoms with Crippen molar-refractivity contribution in [1.82, 2.24) is 10.2 Å². The molecule has 106 valence electrons. The van der Waals surface area contributed by atoms with Gasteiger partial charge < -0.3 is 15.1 Å². The number of likely N-dealkylation sites (N-methyl/N-ethyl adjacent to an activating group) is 1. The Hall–Kier alpha value is -1.06. The van der Waals surface area contributed by atoms with Gasteiger partial charge in [-0.2, -0.15) is 0 Å². The fraction of sp³-hybridized carbons (Fsp3) is 0.625. The molecule has 3 heteroatoms. The van der Waals surface area contributed by atoms with Gasteiger partial charge in [-0.1, -0.05) is 12.1 Å². The van der Waals surface area contributed by atoms with Gasteiger partial charge in [0.25, 0.3) is 0 Å². The number of hydrogen-bond donors (Lipinski definition) is 1. The number of nitrogens with one attached hydrogen (secondary N) is 1. The summed E-state index contributed by atoms with van der Waals surface area (Å²) in [7, 11) is 6.44. The Morgan fingerprint density at radius 2 is 2.11 bits per heavy atom. The summed E-state index contributed by atoms with van der Waals surface area (Å²) >= 11 is 0. The molecule has 0 spiro atoms. The van der Waals surface area contributed by atoms with Crippen LogP contribution in [0.15, 0.2) is 18.2 Å². The van der Waals surface area contributed by atoms with Crippen LogP contribution in [-0.4, -0.2) is 45.7 Å². The van der Waals surface area contributed by atoms with Crippen molar-refractivity contribution in [2.24, 2.45) is 0 Å². The van der Waals surface area contributed by atoms with E-state index in [1.165, 1.54) is 42.6 Å². The molecule has 3 nitrogen and oxygen atoms in total. The predicted octanol–water partition coefficient (Wildman–Crippen LogP) is 2.11. The molecule has 0 unspecified atom stereocenters. The van der Waals surface area contributed by atoms with Crippen LogP contribution in [0.2, 0.25) is 0 Å². The Balaban J connectivity index is 1.69. The van der Waals surface area contributed by atoms with Crippen molar-refractivity contribution < 1.29 is 0 Å². The van der Waals surface area contributed by atoms with E-state index in [1.54, 1.807) is 0 Å². The van der Waals surface area contributed by atoms with Crippen LogP contribution in [-0.2, 0) is 13.0 Å². The van der Waals surface area contributed by atoms with E-state index in [1.807, 2.05) is 0 Å². The summed E-state index contributed by atoms with van der Waals surface area (Å²) in [5.41, 5.74) is 4.34. The van der Waals surface area contributed by atoms with Crippen LogP contribution < -0.4 is 10.2 Å². The van der Waals surface area contributed by atoms with E-state index in [-0.39, 0.29) is 0 Å². The molecule has 0 fully saturated rings. The molecule has 0 aromatic heterocycles. The van der Waals surface area contributed by atoms with Crippen LogP contribution in [0.1, 0.15) is 24.0 Å². The van der Waals surface area contributed by atoms with Crippen LogP contribution in [0.5, 0.6) is 0 Å². The maximum absolute atomic E-state index is 3.55. The minimum atomic E-state index is 0.999. The van der Waals surface area contributed by atoms with Crippen LogP contribution >= 0.6 is 0 Å². The summed E-state index contributed by atoms with van der Waals surface area (Å²) in [6, 6.07) is 6.89. The highest BCUT2D eigenvalue weighted by Crippen LogP contribution is 2.27. The molecule has 0 saturated carbocycles. The molecule has 1 aliphatic rings. The van der Waals surface area contributed by atoms with Crippen molar-refractivity contribution in [2.45, 2.75) is 25.8 Å². The molecular weight excluding hydrogens is 234 g/mol. The molecule has 1 heterocycles. The lowest BCUT2D eigenvalue weighted by Gasteiger charge is -2.12. The normalized spacial score (nSPS) is 14.2. The predicted molar refractivity (Wildman–Crippen MR) is 82.9 cm³/mol. The summed E-state index contributed by atoms with van der Waals surface area (Å²) < 4.78 is 0. The quantitative estimate of drug-likeness (QED) is 0.758. The maximum Gasteiger partial charge on any atom is 0.0397 e. The summed E-state index contributed by atoms with van der Waals surface area (Å²) in [5.74, 6) is 0. The number of fused-ring (bicyclic) bond motifs is 1. The number of unbranched alkanes of at least 4 members (excludes halogenated alkanes) is 1. The first-order valence-electron chi connectivity index (χ1n) is 7.35. The minimum absolute atomic E-state index is 0.999. The lowest BCUT2D eigenvalue weighted by Crippen LogP contribution is -2.18. The summed E-state index contributed by atoms with van der Waals surface area (Å²) in [6.07, 6.45) is 3.73. The molecule has 1 aliphatic heterocycles. The first-order chi connectivity index (χ1) is 9.16. The lowest BCUT2D eigenvalue weighted by molar-refractivity contribution is 0.391. The van der Waals surface area contributed by atoms with Gasteiger partial charge in [-0.15, -0.1) is 0 Å². The zero-order valence-corrected chi connectivity index (χ0v) is 12.6. The van der Waals surface area contributed by atoms with Gasteiger partial charge in [-0.3, -0.25) is 0 Å². The molecule has 1 N–H and O–H groups in total. The number of nitrogens with zero attached hydrogens (tertiary/aromatic N) is 2. The Labute approximate surface area is 117 Å². The smallest absolute Gasteiger partial charge is 0.0397 e. The SMILES string of the molecule is CN(C)CCCCNCc1ccc2c(c1)CCN2C. The third-order valence-corrected chi connectivity index (χ3v) is 3.81. The zero-order valence-electron chi connectivity index (χ0n) is 12.6. The molecule has 2 rings (SSSR count). The van der Waals surface area contributed by atoms with E-state index in [0.717, 1.165) is 19.6 Å². The van der Waals surface area contributed by atoms with Gasteiger partial charge in [0.15, 0.2) is 0 Å². The van der Waals surface area contributed by atoms with Crippen molar-refractivity contribution >= 4 is 5.69 Å². The molecule has 19 heavy (non-hydrogen) atoms. The third-order valence-electron chi connectivity index (χ3n) is 3.81. The van der Waals surface area contributed by atoms with Crippen molar-refractivity contribution in [3.8, 4) is 0 Å². The van der Waals surface area contributed by atoms with E-state index < -0.39 is 0 Å². The first-order valence-corrected chi connectivity index (χ1v) is 7.35. The number of hydrogen-bond acceptors (Lipinski definition) is 3. The zero-order chi connectivity index (χ0) is 13.7. The van der Waals surface area contributed by atoms with Gasteiger partial charge >= 0.3 is 0 Å². The number of benzene rings is 1. The summed E-state index contributed by atoms with van der Waals surface area (Å²) in [5, 5.41) is 3.55. The average molecular weight is 261 g/mol. The van der Waals surface area contributed by atoms with Gasteiger partial charge in [0.2, 0.25) is 0 Å². The van der Waals surface area contributed by atoms with Gasteiger partial charge in [-0.25, -0.2) is 0 Å². The van der Waals surface area contributed by atoms with Crippen molar-refractivity contribution in [3.05, 3.63) is 29.3 Å². The molecule has 1 aromatic rings. The van der Waals surface area contributed by atoms with Crippen molar-refractivity contribution in [1.29, 1.82) is 0 Å². The molecule has 0 saturated heterocycles. The lowest BCUT2D eigenvalue weighted by atomic mass is 10.1. The second-order valence-electron chi connectivity index (χ2n) is 5.82. The maximum atomic E-state index is 3.55. The van der Waals surface area contributed by atoms with E-state index >= 15 is 0 Å². The highest BCUT2D eigenvalue weighted by atomic mass is 15.1. The average Bonchev–Trinajstić information content (AvgIpc) is 2.75. The van der Waals surface area contributed by atoms with Crippen LogP contribution in [0, 0.1) is 0 Å². The monoisotopic (exact) mass is 261 g/mol. The molecular formula is C16H27N3. The minimum Gasteiger partial charge on any atom is -0.374 e. The topological polar surface area (TPSA) is 18.5 Å². The molecule has 0 bridgehead atoms. The number of rotatable bonds is 7. The van der Waals surface area contributed by atoms with E-state index in [4.69, 9.17) is 0 Å². The third kappa shape index (κ3) is 4.22. The van der Waals surface area contributed by atoms with Crippen molar-refractivity contribution in [3.63, 3.8) is 0 Å². The molecule has 0 atom stereocenters. The van der Waals surface area contributed by atoms with Crippen LogP contribution in [0.4, 0.5) is 5.69 Å². The largest absolute Gasteiger partial charge is 0.374 e. The van der Waals surface area contributed by atoms with Crippen molar-refractivity contribution in [2.75, 3.05) is 45.7 Å². The van der Waals surface area contributed by atoms with Gasteiger partial charge in [0, 0.05) is 25.8 Å². The number of anilines is 1. The van der Waals surface area contributed by atoms with Crippen LogP contribution in [0.3, 0.4) is 0 Å². The fourth-order valence-corrected chi connectivity index (χ4v) is 2.64. The standard InChI is InChI=1S/C16H27N3/c1-18(2)10-5-4-9-17-13-14-6-7-16-15(12-14)8-11-19(16)3/h6-7,12,17H,4-5,8-11,13H2,1-3H3. The molecule has 0 aliphatic carbocycles. The summed E-state index contributed by atoms with van der Waals surface area (Å²) in [6.45, 7) is 4.47. The molecule has 0 radical (unpaired) electrons. The second kappa shape index (κ2) is 6.92. The van der Waals surface area contributed by atoms with Gasteiger partial charge in [-0.05, 0) is 63.6 Å². The second-order valence-corrected chi connectivity index (χ2v) is 5.82. The Morgan fingerprint density at radius 3 is 2.89 bits per heavy atom. The first kappa shape index (κ1) is 14.4.